The SMILES string of the molecule is O=C(COC(=O)Cc1ccccc1[N+](=O)[O-])Nc1ccccc1Cl. The molecule has 0 unspecified atom stereocenters. The van der Waals surface area contributed by atoms with Gasteiger partial charge in [-0.2, -0.15) is 0 Å². The van der Waals surface area contributed by atoms with Crippen LogP contribution in [0.15, 0.2) is 48.5 Å². The Balaban J connectivity index is 1.89. The molecule has 7 nitrogen and oxygen atoms in total. The van der Waals surface area contributed by atoms with Crippen molar-refractivity contribution in [1.29, 1.82) is 0 Å². The Labute approximate surface area is 142 Å². The first kappa shape index (κ1) is 17.4. The summed E-state index contributed by atoms with van der Waals surface area (Å²) in [5, 5.41) is 13.7. The van der Waals surface area contributed by atoms with Gasteiger partial charge in [-0.05, 0) is 12.1 Å². The molecule has 2 aromatic carbocycles. The second-order valence-electron chi connectivity index (χ2n) is 4.75. The van der Waals surface area contributed by atoms with Crippen LogP contribution >= 0.6 is 11.6 Å². The van der Waals surface area contributed by atoms with E-state index in [4.69, 9.17) is 16.3 Å². The lowest BCUT2D eigenvalue weighted by Gasteiger charge is -2.08. The minimum Gasteiger partial charge on any atom is -0.455 e. The molecule has 0 aromatic heterocycles. The number of anilines is 1. The van der Waals surface area contributed by atoms with Gasteiger partial charge in [0, 0.05) is 11.6 Å². The lowest BCUT2D eigenvalue weighted by atomic mass is 10.1. The van der Waals surface area contributed by atoms with Gasteiger partial charge in [0.05, 0.1) is 22.1 Å². The van der Waals surface area contributed by atoms with Crippen molar-refractivity contribution in [2.24, 2.45) is 0 Å². The number of nitrogens with one attached hydrogen (secondary N) is 1. The zero-order valence-corrected chi connectivity index (χ0v) is 13.2. The van der Waals surface area contributed by atoms with E-state index >= 15 is 0 Å². The standard InChI is InChI=1S/C16H13ClN2O5/c17-12-6-2-3-7-13(12)18-15(20)10-24-16(21)9-11-5-1-4-8-14(11)19(22)23/h1-8H,9-10H2,(H,18,20). The van der Waals surface area contributed by atoms with Gasteiger partial charge in [-0.3, -0.25) is 19.7 Å². The molecule has 0 radical (unpaired) electrons. The molecule has 0 aliphatic rings. The fourth-order valence-corrected chi connectivity index (χ4v) is 2.12. The van der Waals surface area contributed by atoms with Crippen molar-refractivity contribution < 1.29 is 19.2 Å². The van der Waals surface area contributed by atoms with E-state index in [0.717, 1.165) is 0 Å². The Morgan fingerprint density at radius 1 is 1.12 bits per heavy atom. The topological polar surface area (TPSA) is 98.5 Å². The first-order chi connectivity index (χ1) is 11.5. The van der Waals surface area contributed by atoms with Gasteiger partial charge in [0.15, 0.2) is 6.61 Å². The summed E-state index contributed by atoms with van der Waals surface area (Å²) < 4.78 is 4.84. The lowest BCUT2D eigenvalue weighted by Crippen LogP contribution is -2.22. The van der Waals surface area contributed by atoms with Crippen LogP contribution in [-0.4, -0.2) is 23.4 Å². The third-order valence-corrected chi connectivity index (χ3v) is 3.36. The number of rotatable bonds is 6. The summed E-state index contributed by atoms with van der Waals surface area (Å²) in [5.41, 5.74) is 0.452. The third-order valence-electron chi connectivity index (χ3n) is 3.04. The lowest BCUT2D eigenvalue weighted by molar-refractivity contribution is -0.385. The van der Waals surface area contributed by atoms with E-state index in [2.05, 4.69) is 5.32 Å². The number of nitrogens with zero attached hydrogens (tertiary/aromatic N) is 1. The highest BCUT2D eigenvalue weighted by atomic mass is 35.5. The van der Waals surface area contributed by atoms with Gasteiger partial charge in [0.2, 0.25) is 0 Å². The summed E-state index contributed by atoms with van der Waals surface area (Å²) in [7, 11) is 0. The van der Waals surface area contributed by atoms with Crippen LogP contribution in [0.4, 0.5) is 11.4 Å². The molecular weight excluding hydrogens is 336 g/mol. The summed E-state index contributed by atoms with van der Waals surface area (Å²) in [6, 6.07) is 12.5. The highest BCUT2D eigenvalue weighted by Crippen LogP contribution is 2.20. The molecule has 0 saturated carbocycles. The number of hydrogen-bond donors (Lipinski definition) is 1. The molecule has 0 spiro atoms. The Morgan fingerprint density at radius 3 is 2.50 bits per heavy atom. The maximum Gasteiger partial charge on any atom is 0.311 e. The van der Waals surface area contributed by atoms with Crippen LogP contribution in [0, 0.1) is 10.1 Å². The molecule has 124 valence electrons. The zero-order chi connectivity index (χ0) is 17.5. The summed E-state index contributed by atoms with van der Waals surface area (Å²) in [6.07, 6.45) is -0.295. The smallest absolute Gasteiger partial charge is 0.311 e. The first-order valence-electron chi connectivity index (χ1n) is 6.89. The maximum absolute atomic E-state index is 11.8. The highest BCUT2D eigenvalue weighted by molar-refractivity contribution is 6.33. The number of amides is 1. The van der Waals surface area contributed by atoms with Gasteiger partial charge < -0.3 is 10.1 Å². The average Bonchev–Trinajstić information content (AvgIpc) is 2.55. The molecule has 2 rings (SSSR count). The van der Waals surface area contributed by atoms with E-state index in [1.165, 1.54) is 18.2 Å². The second-order valence-corrected chi connectivity index (χ2v) is 5.16. The van der Waals surface area contributed by atoms with E-state index in [0.29, 0.717) is 10.7 Å². The number of hydrogen-bond acceptors (Lipinski definition) is 5. The number of nitro benzene ring substituents is 1. The van der Waals surface area contributed by atoms with Gasteiger partial charge in [-0.15, -0.1) is 0 Å². The number of carbonyl (C=O) groups is 2. The van der Waals surface area contributed by atoms with Crippen molar-refractivity contribution in [1.82, 2.24) is 0 Å². The normalized spacial score (nSPS) is 10.0. The number of carbonyl (C=O) groups excluding carboxylic acids is 2. The number of nitro groups is 1. The predicted octanol–water partition coefficient (Wildman–Crippen LogP) is 2.97. The minimum atomic E-state index is -0.737. The number of halogens is 1. The monoisotopic (exact) mass is 348 g/mol. The number of esters is 1. The molecule has 1 N–H and O–H groups in total. The molecule has 0 heterocycles. The zero-order valence-electron chi connectivity index (χ0n) is 12.4. The van der Waals surface area contributed by atoms with Gasteiger partial charge in [0.25, 0.3) is 11.6 Å². The van der Waals surface area contributed by atoms with Crippen molar-refractivity contribution in [3.8, 4) is 0 Å². The average molecular weight is 349 g/mol. The molecule has 24 heavy (non-hydrogen) atoms. The van der Waals surface area contributed by atoms with Crippen molar-refractivity contribution in [2.45, 2.75) is 6.42 Å². The first-order valence-corrected chi connectivity index (χ1v) is 7.27. The number of benzene rings is 2. The molecule has 0 saturated heterocycles. The fourth-order valence-electron chi connectivity index (χ4n) is 1.94. The molecule has 0 aliphatic carbocycles. The molecule has 0 bridgehead atoms. The van der Waals surface area contributed by atoms with Crippen LogP contribution in [0.5, 0.6) is 0 Å². The molecule has 0 fully saturated rings. The molecule has 1 amide bonds. The minimum absolute atomic E-state index is 0.171. The quantitative estimate of drug-likeness (QED) is 0.491. The maximum atomic E-state index is 11.8. The van der Waals surface area contributed by atoms with Crippen molar-refractivity contribution in [3.05, 3.63) is 69.2 Å². The Hall–Kier alpha value is -2.93. The van der Waals surface area contributed by atoms with E-state index in [9.17, 15) is 19.7 Å². The van der Waals surface area contributed by atoms with E-state index in [1.807, 2.05) is 0 Å². The molecule has 2 aromatic rings. The van der Waals surface area contributed by atoms with Crippen molar-refractivity contribution in [2.75, 3.05) is 11.9 Å². The predicted molar refractivity (Wildman–Crippen MR) is 87.8 cm³/mol. The summed E-state index contributed by atoms with van der Waals surface area (Å²) >= 11 is 5.90. The van der Waals surface area contributed by atoms with Crippen LogP contribution in [0.25, 0.3) is 0 Å². The van der Waals surface area contributed by atoms with E-state index in [-0.39, 0.29) is 17.7 Å². The molecule has 0 aliphatic heterocycles. The summed E-state index contributed by atoms with van der Waals surface area (Å²) in [5.74, 6) is -1.29. The third kappa shape index (κ3) is 4.79. The number of para-hydroxylation sites is 2. The van der Waals surface area contributed by atoms with Crippen molar-refractivity contribution in [3.63, 3.8) is 0 Å². The highest BCUT2D eigenvalue weighted by Gasteiger charge is 2.17. The largest absolute Gasteiger partial charge is 0.455 e. The van der Waals surface area contributed by atoms with Crippen LogP contribution in [0.2, 0.25) is 5.02 Å². The van der Waals surface area contributed by atoms with E-state index < -0.39 is 23.4 Å². The Kier molecular flexibility index (Phi) is 5.86. The van der Waals surface area contributed by atoms with Crippen LogP contribution < -0.4 is 5.32 Å². The van der Waals surface area contributed by atoms with Crippen LogP contribution in [0.3, 0.4) is 0 Å². The van der Waals surface area contributed by atoms with Gasteiger partial charge in [-0.25, -0.2) is 0 Å². The molecule has 8 heteroatoms. The van der Waals surface area contributed by atoms with Crippen LogP contribution in [-0.2, 0) is 20.7 Å². The van der Waals surface area contributed by atoms with Gasteiger partial charge in [0.1, 0.15) is 0 Å². The number of ether oxygens (including phenoxy) is 1. The fraction of sp³-hybridized carbons (Fsp3) is 0.125. The Morgan fingerprint density at radius 2 is 1.79 bits per heavy atom. The second kappa shape index (κ2) is 8.07. The van der Waals surface area contributed by atoms with Gasteiger partial charge in [-0.1, -0.05) is 41.9 Å². The summed E-state index contributed by atoms with van der Waals surface area (Å²) in [4.78, 5) is 33.8. The van der Waals surface area contributed by atoms with Crippen molar-refractivity contribution >= 4 is 34.9 Å². The summed E-state index contributed by atoms with van der Waals surface area (Å²) in [6.45, 7) is -0.509. The molecular formula is C16H13ClN2O5. The Bertz CT molecular complexity index is 779. The van der Waals surface area contributed by atoms with Crippen LogP contribution in [0.1, 0.15) is 5.56 Å². The van der Waals surface area contributed by atoms with E-state index in [1.54, 1.807) is 30.3 Å². The molecule has 0 atom stereocenters. The van der Waals surface area contributed by atoms with Gasteiger partial charge >= 0.3 is 5.97 Å².